The molecule has 2 saturated heterocycles. The van der Waals surface area contributed by atoms with Gasteiger partial charge in [-0.15, -0.1) is 0 Å². The third-order valence-electron chi connectivity index (χ3n) is 7.29. The molecule has 7 heteroatoms. The molecule has 4 rings (SSSR count). The first-order chi connectivity index (χ1) is 15.3. The minimum absolute atomic E-state index is 0.0820. The Morgan fingerprint density at radius 3 is 2.66 bits per heavy atom. The predicted octanol–water partition coefficient (Wildman–Crippen LogP) is 3.19. The maximum atomic E-state index is 12.6. The van der Waals surface area contributed by atoms with E-state index >= 15 is 0 Å². The molecule has 0 bridgehead atoms. The van der Waals surface area contributed by atoms with Crippen LogP contribution in [0.15, 0.2) is 35.9 Å². The fourth-order valence-electron chi connectivity index (χ4n) is 5.37. The highest BCUT2D eigenvalue weighted by Gasteiger charge is 2.71. The lowest BCUT2D eigenvalue weighted by Crippen LogP contribution is -2.60. The van der Waals surface area contributed by atoms with E-state index in [0.29, 0.717) is 6.54 Å². The van der Waals surface area contributed by atoms with E-state index < -0.39 is 0 Å². The number of carbonyl (C=O) groups is 1. The van der Waals surface area contributed by atoms with Crippen LogP contribution in [0.3, 0.4) is 0 Å². The number of hydrogen-bond acceptors (Lipinski definition) is 5. The van der Waals surface area contributed by atoms with Crippen LogP contribution in [0.1, 0.15) is 45.6 Å². The van der Waals surface area contributed by atoms with E-state index in [1.807, 2.05) is 24.3 Å². The Bertz CT molecular complexity index is 847. The number of nitrogens with two attached hydrogens (primary N) is 1. The van der Waals surface area contributed by atoms with E-state index in [2.05, 4.69) is 37.5 Å². The maximum absolute atomic E-state index is 12.6. The Labute approximate surface area is 191 Å². The van der Waals surface area contributed by atoms with E-state index in [1.165, 1.54) is 5.57 Å². The van der Waals surface area contributed by atoms with Crippen molar-refractivity contribution in [2.75, 3.05) is 26.0 Å². The van der Waals surface area contributed by atoms with Gasteiger partial charge < -0.3 is 30.6 Å². The summed E-state index contributed by atoms with van der Waals surface area (Å²) in [6, 6.07) is 7.48. The van der Waals surface area contributed by atoms with Crippen molar-refractivity contribution in [3.63, 3.8) is 0 Å². The summed E-state index contributed by atoms with van der Waals surface area (Å²) in [5.41, 5.74) is 8.43. The Hall–Kier alpha value is -2.09. The minimum atomic E-state index is -0.297. The lowest BCUT2D eigenvalue weighted by Gasteiger charge is -2.43. The predicted molar refractivity (Wildman–Crippen MR) is 124 cm³/mol. The summed E-state index contributed by atoms with van der Waals surface area (Å²) in [7, 11) is 1.73. The molecule has 1 aromatic carbocycles. The van der Waals surface area contributed by atoms with Crippen molar-refractivity contribution in [2.45, 2.75) is 75.9 Å². The van der Waals surface area contributed by atoms with Crippen LogP contribution >= 0.6 is 0 Å². The Kier molecular flexibility index (Phi) is 6.52. The number of ether oxygens (including phenoxy) is 3. The number of rotatable bonds is 8. The maximum Gasteiger partial charge on any atom is 0.315 e. The van der Waals surface area contributed by atoms with Crippen LogP contribution in [-0.4, -0.2) is 55.7 Å². The molecule has 1 saturated carbocycles. The molecule has 2 aliphatic heterocycles. The van der Waals surface area contributed by atoms with Crippen LogP contribution in [-0.2, 0) is 20.6 Å². The van der Waals surface area contributed by atoms with Gasteiger partial charge in [-0.25, -0.2) is 4.79 Å². The highest BCUT2D eigenvalue weighted by molar-refractivity contribution is 5.74. The van der Waals surface area contributed by atoms with Crippen molar-refractivity contribution in [3.8, 4) is 0 Å². The average molecular weight is 444 g/mol. The fraction of sp³-hybridized carbons (Fsp3) is 0.640. The zero-order chi connectivity index (χ0) is 22.9. The fourth-order valence-corrected chi connectivity index (χ4v) is 5.37. The molecule has 4 N–H and O–H groups in total. The average Bonchev–Trinajstić information content (AvgIpc) is 3.66. The molecule has 3 aliphatic rings. The Balaban J connectivity index is 1.35. The molecule has 0 aromatic heterocycles. The van der Waals surface area contributed by atoms with Crippen LogP contribution in [0.4, 0.5) is 10.5 Å². The van der Waals surface area contributed by atoms with Crippen molar-refractivity contribution in [2.24, 2.45) is 5.92 Å². The molecule has 3 fully saturated rings. The smallest absolute Gasteiger partial charge is 0.315 e. The van der Waals surface area contributed by atoms with Crippen molar-refractivity contribution in [1.29, 1.82) is 0 Å². The molecule has 7 nitrogen and oxygen atoms in total. The van der Waals surface area contributed by atoms with E-state index in [1.54, 1.807) is 7.11 Å². The van der Waals surface area contributed by atoms with Crippen LogP contribution in [0, 0.1) is 5.92 Å². The van der Waals surface area contributed by atoms with E-state index in [-0.39, 0.29) is 41.4 Å². The van der Waals surface area contributed by atoms with E-state index in [4.69, 9.17) is 19.9 Å². The van der Waals surface area contributed by atoms with Gasteiger partial charge in [-0.2, -0.15) is 0 Å². The second kappa shape index (κ2) is 9.04. The van der Waals surface area contributed by atoms with Gasteiger partial charge in [0.15, 0.2) is 0 Å². The van der Waals surface area contributed by atoms with Gasteiger partial charge in [0.05, 0.1) is 30.5 Å². The first-order valence-corrected chi connectivity index (χ1v) is 11.6. The molecular formula is C25H37N3O4. The number of nitrogens with one attached hydrogen (secondary N) is 2. The number of benzene rings is 1. The topological polar surface area (TPSA) is 101 Å². The third kappa shape index (κ3) is 4.80. The van der Waals surface area contributed by atoms with Crippen LogP contribution in [0.25, 0.3) is 0 Å². The highest BCUT2D eigenvalue weighted by atomic mass is 16.6. The lowest BCUT2D eigenvalue weighted by molar-refractivity contribution is -0.0653. The van der Waals surface area contributed by atoms with Gasteiger partial charge in [-0.3, -0.25) is 0 Å². The molecule has 1 aromatic rings. The molecule has 1 spiro atoms. The summed E-state index contributed by atoms with van der Waals surface area (Å²) in [6.45, 7) is 7.69. The van der Waals surface area contributed by atoms with Crippen molar-refractivity contribution in [1.82, 2.24) is 10.6 Å². The number of amides is 2. The number of anilines is 1. The van der Waals surface area contributed by atoms with Crippen LogP contribution in [0.5, 0.6) is 0 Å². The molecular weight excluding hydrogens is 406 g/mol. The lowest BCUT2D eigenvalue weighted by atomic mass is 9.67. The first kappa shape index (κ1) is 23.1. The summed E-state index contributed by atoms with van der Waals surface area (Å²) >= 11 is 0. The normalized spacial score (nSPS) is 35.2. The second-order valence-corrected chi connectivity index (χ2v) is 9.88. The quantitative estimate of drug-likeness (QED) is 0.325. The van der Waals surface area contributed by atoms with Crippen molar-refractivity contribution < 1.29 is 19.0 Å². The molecule has 1 aliphatic carbocycles. The molecule has 2 amide bonds. The van der Waals surface area contributed by atoms with Gasteiger partial charge >= 0.3 is 6.03 Å². The second-order valence-electron chi connectivity index (χ2n) is 9.88. The molecule has 32 heavy (non-hydrogen) atoms. The minimum Gasteiger partial charge on any atom is -0.399 e. The van der Waals surface area contributed by atoms with Gasteiger partial charge in [-0.1, -0.05) is 23.8 Å². The summed E-state index contributed by atoms with van der Waals surface area (Å²) in [5.74, 6) is 0.0874. The zero-order valence-electron chi connectivity index (χ0n) is 19.6. The molecule has 176 valence electrons. The summed E-state index contributed by atoms with van der Waals surface area (Å²) < 4.78 is 18.2. The monoisotopic (exact) mass is 443 g/mol. The summed E-state index contributed by atoms with van der Waals surface area (Å²) in [6.07, 6.45) is 5.61. The van der Waals surface area contributed by atoms with E-state index in [9.17, 15) is 4.79 Å². The van der Waals surface area contributed by atoms with Crippen LogP contribution < -0.4 is 16.4 Å². The number of nitrogen functional groups attached to an aromatic ring is 1. The van der Waals surface area contributed by atoms with Crippen molar-refractivity contribution >= 4 is 11.7 Å². The molecule has 2 heterocycles. The van der Waals surface area contributed by atoms with Gasteiger partial charge in [0.2, 0.25) is 0 Å². The number of allylic oxidation sites excluding steroid dienone is 1. The molecule has 0 unspecified atom stereocenters. The zero-order valence-corrected chi connectivity index (χ0v) is 19.6. The third-order valence-corrected chi connectivity index (χ3v) is 7.29. The molecule has 6 atom stereocenters. The van der Waals surface area contributed by atoms with Gasteiger partial charge in [-0.05, 0) is 64.2 Å². The van der Waals surface area contributed by atoms with Crippen molar-refractivity contribution in [3.05, 3.63) is 41.5 Å². The Morgan fingerprint density at radius 1 is 1.31 bits per heavy atom. The number of methoxy groups -OCH3 is 1. The number of carbonyl (C=O) groups excluding carboxylic acids is 1. The number of epoxide rings is 2. The summed E-state index contributed by atoms with van der Waals surface area (Å²) in [5, 5.41) is 6.14. The number of urea groups is 1. The standard InChI is InChI=1S/C25H37N3O4/c1-16(2)5-10-20-24(3,32-20)22-21(30-4)19(11-13-25(22)15-31-25)28-23(29)27-14-12-17-6-8-18(26)9-7-17/h5-9,19-22H,10-15,26H2,1-4H3,(H2,27,28,29)/t19-,20-,21-,22-,24+,25+/m1/s1. The SMILES string of the molecule is CO[C@@H]1[C@H](NC(=O)NCCc2ccc(N)cc2)CC[C@]2(CO2)[C@H]1[C@@]1(C)O[C@@H]1CC=C(C)C. The van der Waals surface area contributed by atoms with Gasteiger partial charge in [0.1, 0.15) is 5.60 Å². The largest absolute Gasteiger partial charge is 0.399 e. The highest BCUT2D eigenvalue weighted by Crippen LogP contribution is 2.59. The summed E-state index contributed by atoms with van der Waals surface area (Å²) in [4.78, 5) is 12.6. The number of hydrogen-bond donors (Lipinski definition) is 3. The Morgan fingerprint density at radius 2 is 2.03 bits per heavy atom. The first-order valence-electron chi connectivity index (χ1n) is 11.6. The van der Waals surface area contributed by atoms with Crippen LogP contribution in [0.2, 0.25) is 0 Å². The van der Waals surface area contributed by atoms with Gasteiger partial charge in [0, 0.05) is 25.3 Å². The molecule has 0 radical (unpaired) electrons. The van der Waals surface area contributed by atoms with Gasteiger partial charge in [0.25, 0.3) is 0 Å². The van der Waals surface area contributed by atoms with E-state index in [0.717, 1.165) is 43.5 Å².